The molecule has 1 fully saturated rings. The van der Waals surface area contributed by atoms with Crippen LogP contribution in [0.2, 0.25) is 0 Å². The Hall–Kier alpha value is -1.84. The molecule has 4 nitrogen and oxygen atoms in total. The highest BCUT2D eigenvalue weighted by Gasteiger charge is 2.44. The Bertz CT molecular complexity index is 631. The van der Waals surface area contributed by atoms with E-state index >= 15 is 0 Å². The third-order valence-electron chi connectivity index (χ3n) is 6.04. The summed E-state index contributed by atoms with van der Waals surface area (Å²) < 4.78 is 5.20. The van der Waals surface area contributed by atoms with Gasteiger partial charge in [-0.15, -0.1) is 0 Å². The van der Waals surface area contributed by atoms with Crippen molar-refractivity contribution in [2.45, 2.75) is 96.5 Å². The quantitative estimate of drug-likeness (QED) is 0.309. The van der Waals surface area contributed by atoms with Gasteiger partial charge >= 0.3 is 5.97 Å². The Kier molecular flexibility index (Phi) is 8.53. The lowest BCUT2D eigenvalue weighted by Gasteiger charge is -2.18. The average molecular weight is 389 g/mol. The van der Waals surface area contributed by atoms with Gasteiger partial charge in [-0.05, 0) is 82.8 Å². The molecule has 1 aliphatic carbocycles. The number of carbonyl (C=O) groups is 2. The van der Waals surface area contributed by atoms with Crippen LogP contribution in [0.15, 0.2) is 24.3 Å². The molecule has 1 aliphatic rings. The van der Waals surface area contributed by atoms with Crippen LogP contribution < -0.4 is 0 Å². The normalized spacial score (nSPS) is 15.2. The molecule has 0 atom stereocenters. The van der Waals surface area contributed by atoms with Gasteiger partial charge < -0.3 is 9.84 Å². The standard InChI is InChI=1S/C24H36O4/c1-23(2,22(26)27)14-7-4-3-5-10-20-12-9-13-21(18-20)11-6-8-15-24(16-17-24)28-19-25/h9,12-13,18-19H,3-8,10-11,14-17H2,1-2H3,(H,26,27). The summed E-state index contributed by atoms with van der Waals surface area (Å²) in [5.74, 6) is -0.701. The average Bonchev–Trinajstić information content (AvgIpc) is 3.42. The number of benzene rings is 1. The fraction of sp³-hybridized carbons (Fsp3) is 0.667. The monoisotopic (exact) mass is 388 g/mol. The van der Waals surface area contributed by atoms with Gasteiger partial charge in [-0.25, -0.2) is 0 Å². The fourth-order valence-corrected chi connectivity index (χ4v) is 3.74. The first-order chi connectivity index (χ1) is 13.4. The van der Waals surface area contributed by atoms with Crippen LogP contribution in [-0.4, -0.2) is 23.1 Å². The summed E-state index contributed by atoms with van der Waals surface area (Å²) in [4.78, 5) is 21.6. The fourth-order valence-electron chi connectivity index (χ4n) is 3.74. The summed E-state index contributed by atoms with van der Waals surface area (Å²) in [7, 11) is 0. The maximum atomic E-state index is 11.1. The van der Waals surface area contributed by atoms with Crippen LogP contribution in [0.1, 0.15) is 89.2 Å². The smallest absolute Gasteiger partial charge is 0.309 e. The zero-order valence-corrected chi connectivity index (χ0v) is 17.5. The molecule has 1 aromatic rings. The lowest BCUT2D eigenvalue weighted by atomic mass is 9.87. The number of carboxylic acid groups (broad SMARTS) is 1. The molecular weight excluding hydrogens is 352 g/mol. The molecule has 0 heterocycles. The van der Waals surface area contributed by atoms with Gasteiger partial charge in [-0.2, -0.15) is 0 Å². The highest BCUT2D eigenvalue weighted by atomic mass is 16.5. The Labute approximate surface area is 169 Å². The number of carbonyl (C=O) groups excluding carboxylic acids is 1. The second-order valence-electron chi connectivity index (χ2n) is 9.03. The van der Waals surface area contributed by atoms with Crippen LogP contribution in [0, 0.1) is 5.41 Å². The third kappa shape index (κ3) is 7.65. The van der Waals surface area contributed by atoms with Gasteiger partial charge in [0.15, 0.2) is 0 Å². The molecule has 0 amide bonds. The van der Waals surface area contributed by atoms with E-state index in [0.717, 1.165) is 77.0 Å². The molecule has 28 heavy (non-hydrogen) atoms. The number of ether oxygens (including phenoxy) is 1. The van der Waals surface area contributed by atoms with Gasteiger partial charge in [0.25, 0.3) is 6.47 Å². The number of aryl methyl sites for hydroxylation is 2. The minimum atomic E-state index is -0.701. The zero-order valence-electron chi connectivity index (χ0n) is 17.5. The van der Waals surface area contributed by atoms with E-state index < -0.39 is 11.4 Å². The highest BCUT2D eigenvalue weighted by molar-refractivity contribution is 5.73. The van der Waals surface area contributed by atoms with Crippen molar-refractivity contribution in [3.05, 3.63) is 35.4 Å². The predicted octanol–water partition coefficient (Wildman–Crippen LogP) is 5.71. The lowest BCUT2D eigenvalue weighted by molar-refractivity contribution is -0.147. The molecule has 0 aliphatic heterocycles. The van der Waals surface area contributed by atoms with E-state index in [-0.39, 0.29) is 5.60 Å². The molecule has 1 aromatic carbocycles. The van der Waals surface area contributed by atoms with Crippen LogP contribution in [0.5, 0.6) is 0 Å². The molecule has 0 unspecified atom stereocenters. The summed E-state index contributed by atoms with van der Waals surface area (Å²) in [5, 5.41) is 9.14. The number of hydrogen-bond acceptors (Lipinski definition) is 3. The SMILES string of the molecule is CC(C)(CCCCCCc1cccc(CCCCC2(OC=O)CC2)c1)C(=O)O. The molecule has 1 saturated carbocycles. The minimum Gasteiger partial charge on any atom is -0.481 e. The number of aliphatic carboxylic acids is 1. The van der Waals surface area contributed by atoms with Gasteiger partial charge in [0.2, 0.25) is 0 Å². The van der Waals surface area contributed by atoms with E-state index in [9.17, 15) is 9.59 Å². The first-order valence-electron chi connectivity index (χ1n) is 10.8. The van der Waals surface area contributed by atoms with E-state index in [2.05, 4.69) is 24.3 Å². The number of rotatable bonds is 15. The molecule has 156 valence electrons. The van der Waals surface area contributed by atoms with E-state index in [1.807, 2.05) is 0 Å². The Morgan fingerprint density at radius 1 is 1.07 bits per heavy atom. The summed E-state index contributed by atoms with van der Waals surface area (Å²) in [6, 6.07) is 8.88. The van der Waals surface area contributed by atoms with Gasteiger partial charge in [-0.1, -0.05) is 43.5 Å². The van der Waals surface area contributed by atoms with Gasteiger partial charge in [0.1, 0.15) is 5.60 Å². The van der Waals surface area contributed by atoms with Crippen molar-refractivity contribution < 1.29 is 19.4 Å². The summed E-state index contributed by atoms with van der Waals surface area (Å²) in [6.45, 7) is 4.21. The molecule has 0 bridgehead atoms. The van der Waals surface area contributed by atoms with Crippen molar-refractivity contribution >= 4 is 12.4 Å². The molecule has 4 heteroatoms. The van der Waals surface area contributed by atoms with Crippen molar-refractivity contribution in [3.63, 3.8) is 0 Å². The molecular formula is C24H36O4. The maximum absolute atomic E-state index is 11.1. The van der Waals surface area contributed by atoms with Crippen LogP contribution >= 0.6 is 0 Å². The van der Waals surface area contributed by atoms with Gasteiger partial charge in [0.05, 0.1) is 5.41 Å². The van der Waals surface area contributed by atoms with Crippen molar-refractivity contribution in [3.8, 4) is 0 Å². The molecule has 2 rings (SSSR count). The van der Waals surface area contributed by atoms with Crippen molar-refractivity contribution in [1.82, 2.24) is 0 Å². The van der Waals surface area contributed by atoms with Crippen LogP contribution in [0.4, 0.5) is 0 Å². The van der Waals surface area contributed by atoms with Crippen LogP contribution in [-0.2, 0) is 27.2 Å². The molecule has 0 aromatic heterocycles. The van der Waals surface area contributed by atoms with E-state index in [1.54, 1.807) is 13.8 Å². The maximum Gasteiger partial charge on any atom is 0.309 e. The first-order valence-corrected chi connectivity index (χ1v) is 10.8. The molecule has 0 radical (unpaired) electrons. The number of hydrogen-bond donors (Lipinski definition) is 1. The van der Waals surface area contributed by atoms with Gasteiger partial charge in [-0.3, -0.25) is 9.59 Å². The summed E-state index contributed by atoms with van der Waals surface area (Å²) in [6.07, 6.45) is 12.6. The molecule has 0 spiro atoms. The Morgan fingerprint density at radius 3 is 2.25 bits per heavy atom. The second kappa shape index (κ2) is 10.6. The van der Waals surface area contributed by atoms with E-state index in [1.165, 1.54) is 11.1 Å². The minimum absolute atomic E-state index is 0.122. The van der Waals surface area contributed by atoms with Crippen LogP contribution in [0.25, 0.3) is 0 Å². The lowest BCUT2D eigenvalue weighted by Crippen LogP contribution is -2.23. The van der Waals surface area contributed by atoms with Crippen molar-refractivity contribution in [2.24, 2.45) is 5.41 Å². The largest absolute Gasteiger partial charge is 0.481 e. The van der Waals surface area contributed by atoms with Crippen LogP contribution in [0.3, 0.4) is 0 Å². The molecule has 1 N–H and O–H groups in total. The Balaban J connectivity index is 1.59. The van der Waals surface area contributed by atoms with E-state index in [4.69, 9.17) is 9.84 Å². The zero-order chi connectivity index (χ0) is 20.5. The first kappa shape index (κ1) is 22.4. The van der Waals surface area contributed by atoms with Crippen molar-refractivity contribution in [2.75, 3.05) is 0 Å². The highest BCUT2D eigenvalue weighted by Crippen LogP contribution is 2.43. The number of unbranched alkanes of at least 4 members (excludes halogenated alkanes) is 4. The summed E-state index contributed by atoms with van der Waals surface area (Å²) >= 11 is 0. The van der Waals surface area contributed by atoms with Crippen molar-refractivity contribution in [1.29, 1.82) is 0 Å². The number of carboxylic acids is 1. The summed E-state index contributed by atoms with van der Waals surface area (Å²) in [5.41, 5.74) is 2.06. The van der Waals surface area contributed by atoms with Gasteiger partial charge in [0, 0.05) is 0 Å². The molecule has 0 saturated heterocycles. The second-order valence-corrected chi connectivity index (χ2v) is 9.03. The third-order valence-corrected chi connectivity index (χ3v) is 6.04. The topological polar surface area (TPSA) is 63.6 Å². The van der Waals surface area contributed by atoms with E-state index in [0.29, 0.717) is 6.47 Å². The Morgan fingerprint density at radius 2 is 1.68 bits per heavy atom. The predicted molar refractivity (Wildman–Crippen MR) is 111 cm³/mol.